The topological polar surface area (TPSA) is 62.2 Å². The molecule has 1 aromatic carbocycles. The van der Waals surface area contributed by atoms with Gasteiger partial charge >= 0.3 is 0 Å². The maximum absolute atomic E-state index is 11.7. The van der Waals surface area contributed by atoms with Crippen molar-refractivity contribution < 1.29 is 19.7 Å². The Kier molecular flexibility index (Phi) is 3.70. The fourth-order valence-corrected chi connectivity index (χ4v) is 9.09. The van der Waals surface area contributed by atoms with E-state index < -0.39 is 11.2 Å². The van der Waals surface area contributed by atoms with Gasteiger partial charge in [0.15, 0.2) is 11.5 Å². The fraction of sp³-hybridized carbons (Fsp3) is 0.760. The number of phenols is 1. The van der Waals surface area contributed by atoms with Gasteiger partial charge in [0.1, 0.15) is 11.7 Å². The molecule has 5 nitrogen and oxygen atoms in total. The van der Waals surface area contributed by atoms with Crippen LogP contribution in [0.1, 0.15) is 63.5 Å². The first-order valence-corrected chi connectivity index (χ1v) is 11.8. The highest BCUT2D eigenvalue weighted by molar-refractivity contribution is 5.63. The first kappa shape index (κ1) is 19.4. The van der Waals surface area contributed by atoms with Crippen LogP contribution in [0.2, 0.25) is 0 Å². The maximum atomic E-state index is 11.7. The van der Waals surface area contributed by atoms with E-state index in [1.54, 1.807) is 0 Å². The van der Waals surface area contributed by atoms with Gasteiger partial charge in [-0.3, -0.25) is 0 Å². The molecule has 164 valence electrons. The first-order chi connectivity index (χ1) is 14.3. The fourth-order valence-electron chi connectivity index (χ4n) is 9.09. The molecule has 2 aliphatic heterocycles. The molecule has 4 bridgehead atoms. The monoisotopic (exact) mass is 413 g/mol. The van der Waals surface area contributed by atoms with Crippen molar-refractivity contribution in [3.8, 4) is 11.5 Å². The standard InChI is InChI=1S/C25H35NO4/c1-5-8-22(2,28)17-14-23-9-10-25(17,29-4)21-24(23)11-12-26(3)18(23)13-15-6-7-16(27)20(30-21)19(15)24/h6-7,17-18,21,27-28H,5,8-14H2,1-4H3/t17-,18-,21-,22-,23+,24+,25+/m1/s1. The van der Waals surface area contributed by atoms with Crippen molar-refractivity contribution in [1.82, 2.24) is 4.90 Å². The lowest BCUT2D eigenvalue weighted by molar-refractivity contribution is -0.301. The number of aliphatic hydroxyl groups is 1. The Hall–Kier alpha value is -1.30. The molecule has 4 fully saturated rings. The molecule has 1 saturated heterocycles. The summed E-state index contributed by atoms with van der Waals surface area (Å²) in [6.07, 6.45) is 6.57. The molecule has 7 atom stereocenters. The Bertz CT molecular complexity index is 915. The second kappa shape index (κ2) is 5.73. The number of phenolic OH excluding ortho intramolecular Hbond substituents is 1. The van der Waals surface area contributed by atoms with Gasteiger partial charge in [0.2, 0.25) is 0 Å². The molecule has 4 aliphatic carbocycles. The van der Waals surface area contributed by atoms with Gasteiger partial charge in [-0.05, 0) is 70.7 Å². The quantitative estimate of drug-likeness (QED) is 0.792. The number of likely N-dealkylation sites (N-methyl/N-ethyl adjacent to an activating group) is 1. The highest BCUT2D eigenvalue weighted by Gasteiger charge is 2.81. The van der Waals surface area contributed by atoms with E-state index in [1.807, 2.05) is 20.1 Å². The van der Waals surface area contributed by atoms with Gasteiger partial charge in [-0.15, -0.1) is 0 Å². The Labute approximate surface area is 179 Å². The third-order valence-corrected chi connectivity index (χ3v) is 10.1. The van der Waals surface area contributed by atoms with E-state index >= 15 is 0 Å². The number of hydrogen-bond donors (Lipinski definition) is 2. The number of methoxy groups -OCH3 is 1. The highest BCUT2D eigenvalue weighted by atomic mass is 16.6. The summed E-state index contributed by atoms with van der Waals surface area (Å²) >= 11 is 0. The minimum absolute atomic E-state index is 0.0221. The molecular weight excluding hydrogens is 378 g/mol. The summed E-state index contributed by atoms with van der Waals surface area (Å²) in [6, 6.07) is 4.37. The molecule has 3 saturated carbocycles. The second-order valence-corrected chi connectivity index (χ2v) is 11.0. The Balaban J connectivity index is 1.64. The largest absolute Gasteiger partial charge is 0.504 e. The average Bonchev–Trinajstić information content (AvgIpc) is 3.09. The van der Waals surface area contributed by atoms with Crippen LogP contribution in [0, 0.1) is 11.3 Å². The Morgan fingerprint density at radius 1 is 1.30 bits per heavy atom. The predicted octanol–water partition coefficient (Wildman–Crippen LogP) is 3.39. The normalized spacial score (nSPS) is 45.0. The van der Waals surface area contributed by atoms with E-state index in [0.29, 0.717) is 11.8 Å². The summed E-state index contributed by atoms with van der Waals surface area (Å²) in [4.78, 5) is 2.56. The van der Waals surface area contributed by atoms with E-state index in [0.717, 1.165) is 51.5 Å². The number of ether oxygens (including phenoxy) is 2. The van der Waals surface area contributed by atoms with Crippen molar-refractivity contribution in [3.63, 3.8) is 0 Å². The third-order valence-electron chi connectivity index (χ3n) is 10.1. The molecule has 2 N–H and O–H groups in total. The summed E-state index contributed by atoms with van der Waals surface area (Å²) in [6.45, 7) is 5.19. The molecule has 30 heavy (non-hydrogen) atoms. The van der Waals surface area contributed by atoms with Crippen LogP contribution in [0.5, 0.6) is 11.5 Å². The van der Waals surface area contributed by atoms with Crippen molar-refractivity contribution in [2.45, 2.75) is 87.6 Å². The number of hydrogen-bond acceptors (Lipinski definition) is 5. The zero-order valence-corrected chi connectivity index (χ0v) is 18.7. The van der Waals surface area contributed by atoms with Crippen molar-refractivity contribution in [2.24, 2.45) is 11.3 Å². The highest BCUT2D eigenvalue weighted by Crippen LogP contribution is 2.77. The van der Waals surface area contributed by atoms with Gasteiger partial charge in [0.25, 0.3) is 0 Å². The van der Waals surface area contributed by atoms with Gasteiger partial charge in [-0.1, -0.05) is 19.4 Å². The van der Waals surface area contributed by atoms with E-state index in [9.17, 15) is 10.2 Å². The molecule has 5 heteroatoms. The minimum Gasteiger partial charge on any atom is -0.504 e. The molecule has 1 aromatic rings. The SMILES string of the molecule is CCC[C@@](C)(O)[C@H]1C[C@]23CC[C@@]1(OC)[C@@H]1Oc4c(O)ccc5c4[C@@]12CCN(C)[C@@H]3C5. The number of likely N-dealkylation sites (tertiary alicyclic amines) is 1. The summed E-state index contributed by atoms with van der Waals surface area (Å²) < 4.78 is 13.2. The predicted molar refractivity (Wildman–Crippen MR) is 114 cm³/mol. The lowest BCUT2D eigenvalue weighted by Gasteiger charge is -2.74. The molecule has 2 heterocycles. The van der Waals surface area contributed by atoms with Crippen LogP contribution in [0.4, 0.5) is 0 Å². The van der Waals surface area contributed by atoms with Crippen LogP contribution in [0.15, 0.2) is 12.1 Å². The van der Waals surface area contributed by atoms with Crippen molar-refractivity contribution in [2.75, 3.05) is 20.7 Å². The number of benzene rings is 1. The van der Waals surface area contributed by atoms with E-state index in [2.05, 4.69) is 24.9 Å². The minimum atomic E-state index is -0.798. The van der Waals surface area contributed by atoms with E-state index in [-0.39, 0.29) is 28.6 Å². The summed E-state index contributed by atoms with van der Waals surface area (Å²) in [5.74, 6) is 0.977. The average molecular weight is 414 g/mol. The van der Waals surface area contributed by atoms with Crippen molar-refractivity contribution in [1.29, 1.82) is 0 Å². The van der Waals surface area contributed by atoms with Gasteiger partial charge < -0.3 is 24.6 Å². The maximum Gasteiger partial charge on any atom is 0.165 e. The number of aromatic hydroxyl groups is 1. The Morgan fingerprint density at radius 2 is 2.10 bits per heavy atom. The van der Waals surface area contributed by atoms with Crippen molar-refractivity contribution >= 4 is 0 Å². The molecule has 2 spiro atoms. The summed E-state index contributed by atoms with van der Waals surface area (Å²) in [5.41, 5.74) is 1.21. The van der Waals surface area contributed by atoms with Crippen LogP contribution in [0.3, 0.4) is 0 Å². The number of nitrogens with zero attached hydrogens (tertiary/aromatic N) is 1. The van der Waals surface area contributed by atoms with Gasteiger partial charge in [0, 0.05) is 35.5 Å². The molecule has 0 amide bonds. The summed E-state index contributed by atoms with van der Waals surface area (Å²) in [7, 11) is 4.09. The van der Waals surface area contributed by atoms with E-state index in [4.69, 9.17) is 9.47 Å². The third kappa shape index (κ3) is 1.85. The molecule has 7 rings (SSSR count). The van der Waals surface area contributed by atoms with Gasteiger partial charge in [-0.2, -0.15) is 0 Å². The second-order valence-electron chi connectivity index (χ2n) is 11.0. The molecule has 0 aromatic heterocycles. The van der Waals surface area contributed by atoms with E-state index in [1.165, 1.54) is 11.1 Å². The van der Waals surface area contributed by atoms with Crippen LogP contribution in [-0.2, 0) is 16.6 Å². The lowest BCUT2D eigenvalue weighted by atomic mass is 9.33. The van der Waals surface area contributed by atoms with Gasteiger partial charge in [-0.25, -0.2) is 0 Å². The zero-order valence-electron chi connectivity index (χ0n) is 18.7. The smallest absolute Gasteiger partial charge is 0.165 e. The molecular formula is C25H35NO4. The van der Waals surface area contributed by atoms with Crippen LogP contribution in [0.25, 0.3) is 0 Å². The van der Waals surface area contributed by atoms with Crippen LogP contribution in [-0.4, -0.2) is 59.2 Å². The number of fused-ring (bicyclic) bond motifs is 2. The molecule has 6 aliphatic rings. The first-order valence-electron chi connectivity index (χ1n) is 11.8. The molecule has 0 radical (unpaired) electrons. The number of piperidine rings is 1. The lowest BCUT2D eigenvalue weighted by Crippen LogP contribution is -2.82. The Morgan fingerprint density at radius 3 is 2.83 bits per heavy atom. The zero-order chi connectivity index (χ0) is 21.1. The number of rotatable bonds is 4. The molecule has 0 unspecified atom stereocenters. The summed E-state index contributed by atoms with van der Waals surface area (Å²) in [5, 5.41) is 22.5. The van der Waals surface area contributed by atoms with Crippen LogP contribution < -0.4 is 4.74 Å². The van der Waals surface area contributed by atoms with Crippen molar-refractivity contribution in [3.05, 3.63) is 23.3 Å². The van der Waals surface area contributed by atoms with Gasteiger partial charge in [0.05, 0.1) is 5.60 Å². The van der Waals surface area contributed by atoms with Crippen LogP contribution >= 0.6 is 0 Å².